The van der Waals surface area contributed by atoms with Crippen molar-refractivity contribution >= 4 is 17.3 Å². The van der Waals surface area contributed by atoms with Gasteiger partial charge in [-0.25, -0.2) is 9.78 Å². The van der Waals surface area contributed by atoms with Gasteiger partial charge in [0.25, 0.3) is 5.89 Å². The van der Waals surface area contributed by atoms with E-state index in [1.165, 1.54) is 16.9 Å². The lowest BCUT2D eigenvalue weighted by Gasteiger charge is -1.99. The number of nitrogens with zero attached hydrogens (tertiary/aromatic N) is 3. The summed E-state index contributed by atoms with van der Waals surface area (Å²) in [5, 5.41) is 9.88. The number of esters is 1. The molecule has 0 saturated heterocycles. The molecule has 0 bridgehead atoms. The van der Waals surface area contributed by atoms with Gasteiger partial charge >= 0.3 is 5.97 Å². The fourth-order valence-electron chi connectivity index (χ4n) is 1.79. The number of aryl methyl sites for hydroxylation is 2. The highest BCUT2D eigenvalue weighted by molar-refractivity contribution is 7.13. The molecule has 0 aliphatic rings. The second-order valence-corrected chi connectivity index (χ2v) is 5.55. The van der Waals surface area contributed by atoms with Crippen molar-refractivity contribution in [1.29, 1.82) is 0 Å². The van der Waals surface area contributed by atoms with Crippen LogP contribution in [0.3, 0.4) is 0 Å². The number of carbonyl (C=O) groups excluding carboxylic acids is 1. The number of hydrogen-bond donors (Lipinski definition) is 0. The van der Waals surface area contributed by atoms with Crippen molar-refractivity contribution < 1.29 is 13.9 Å². The molecule has 1 aromatic carbocycles. The van der Waals surface area contributed by atoms with Crippen LogP contribution in [0, 0.1) is 13.8 Å². The average molecular weight is 315 g/mol. The van der Waals surface area contributed by atoms with Crippen LogP contribution in [0.5, 0.6) is 0 Å². The van der Waals surface area contributed by atoms with E-state index in [1.54, 1.807) is 12.3 Å². The van der Waals surface area contributed by atoms with E-state index in [0.29, 0.717) is 5.89 Å². The van der Waals surface area contributed by atoms with E-state index in [4.69, 9.17) is 9.15 Å². The molecule has 0 aliphatic carbocycles. The Morgan fingerprint density at radius 3 is 2.68 bits per heavy atom. The Hall–Kier alpha value is -2.54. The smallest absolute Gasteiger partial charge is 0.358 e. The number of ether oxygens (including phenoxy) is 1. The first kappa shape index (κ1) is 14.4. The third-order valence-corrected chi connectivity index (χ3v) is 3.80. The summed E-state index contributed by atoms with van der Waals surface area (Å²) in [6.45, 7) is 3.64. The zero-order chi connectivity index (χ0) is 15.5. The molecular formula is C15H13N3O3S. The maximum absolute atomic E-state index is 12.0. The molecule has 7 heteroatoms. The number of carbonyl (C=O) groups is 1. The Morgan fingerprint density at radius 2 is 2.00 bits per heavy atom. The van der Waals surface area contributed by atoms with Crippen molar-refractivity contribution in [2.45, 2.75) is 20.5 Å². The van der Waals surface area contributed by atoms with Crippen LogP contribution in [0.25, 0.3) is 10.6 Å². The lowest BCUT2D eigenvalue weighted by Crippen LogP contribution is -2.05. The molecule has 0 atom stereocenters. The van der Waals surface area contributed by atoms with Crippen molar-refractivity contribution in [2.24, 2.45) is 0 Å². The molecule has 2 heterocycles. The van der Waals surface area contributed by atoms with Crippen LogP contribution >= 0.6 is 11.3 Å². The van der Waals surface area contributed by atoms with E-state index in [9.17, 15) is 4.79 Å². The van der Waals surface area contributed by atoms with Crippen LogP contribution in [0.4, 0.5) is 0 Å². The predicted molar refractivity (Wildman–Crippen MR) is 80.4 cm³/mol. The number of benzene rings is 1. The molecule has 0 amide bonds. The van der Waals surface area contributed by atoms with Gasteiger partial charge in [0, 0.05) is 17.9 Å². The fourth-order valence-corrected chi connectivity index (χ4v) is 2.59. The number of rotatable bonds is 4. The number of thiazole rings is 1. The standard InChI is InChI=1S/C15H13N3O3S/c1-9-3-5-11(6-4-9)14-16-12(8-22-14)15(19)20-7-13-18-17-10(2)21-13/h3-6,8H,7H2,1-2H3. The van der Waals surface area contributed by atoms with Gasteiger partial charge in [0.1, 0.15) is 5.01 Å². The third kappa shape index (κ3) is 3.20. The summed E-state index contributed by atoms with van der Waals surface area (Å²) in [4.78, 5) is 16.3. The lowest BCUT2D eigenvalue weighted by molar-refractivity contribution is 0.0431. The molecular weight excluding hydrogens is 302 g/mol. The summed E-state index contributed by atoms with van der Waals surface area (Å²) in [6, 6.07) is 7.97. The highest BCUT2D eigenvalue weighted by atomic mass is 32.1. The van der Waals surface area contributed by atoms with Crippen molar-refractivity contribution in [2.75, 3.05) is 0 Å². The van der Waals surface area contributed by atoms with Crippen LogP contribution in [0.15, 0.2) is 34.1 Å². The van der Waals surface area contributed by atoms with Gasteiger partial charge < -0.3 is 9.15 Å². The molecule has 2 aromatic heterocycles. The summed E-state index contributed by atoms with van der Waals surface area (Å²) in [6.07, 6.45) is 0. The molecule has 112 valence electrons. The van der Waals surface area contributed by atoms with E-state index in [1.807, 2.05) is 31.2 Å². The van der Waals surface area contributed by atoms with Gasteiger partial charge in [-0.15, -0.1) is 21.5 Å². The summed E-state index contributed by atoms with van der Waals surface area (Å²) < 4.78 is 10.2. The predicted octanol–water partition coefficient (Wildman–Crippen LogP) is 3.17. The van der Waals surface area contributed by atoms with E-state index in [-0.39, 0.29) is 18.2 Å². The zero-order valence-corrected chi connectivity index (χ0v) is 12.9. The summed E-state index contributed by atoms with van der Waals surface area (Å²) in [7, 11) is 0. The number of aromatic nitrogens is 3. The first-order chi connectivity index (χ1) is 10.6. The summed E-state index contributed by atoms with van der Waals surface area (Å²) in [5.41, 5.74) is 2.42. The molecule has 6 nitrogen and oxygen atoms in total. The Balaban J connectivity index is 1.67. The molecule has 0 radical (unpaired) electrons. The minimum atomic E-state index is -0.509. The third-order valence-electron chi connectivity index (χ3n) is 2.91. The molecule has 0 spiro atoms. The minimum Gasteiger partial charge on any atom is -0.451 e. The maximum Gasteiger partial charge on any atom is 0.358 e. The van der Waals surface area contributed by atoms with E-state index in [0.717, 1.165) is 10.6 Å². The lowest BCUT2D eigenvalue weighted by atomic mass is 10.2. The second kappa shape index (κ2) is 6.07. The van der Waals surface area contributed by atoms with Crippen molar-refractivity contribution in [1.82, 2.24) is 15.2 Å². The highest BCUT2D eigenvalue weighted by Gasteiger charge is 2.14. The Bertz CT molecular complexity index is 792. The Kier molecular flexibility index (Phi) is 3.97. The first-order valence-corrected chi connectivity index (χ1v) is 7.48. The van der Waals surface area contributed by atoms with Gasteiger partial charge in [0.05, 0.1) is 0 Å². The van der Waals surface area contributed by atoms with Gasteiger partial charge in [-0.05, 0) is 6.92 Å². The van der Waals surface area contributed by atoms with Crippen molar-refractivity contribution in [3.05, 3.63) is 52.7 Å². The molecule has 0 N–H and O–H groups in total. The molecule has 22 heavy (non-hydrogen) atoms. The minimum absolute atomic E-state index is 0.0585. The van der Waals surface area contributed by atoms with E-state index in [2.05, 4.69) is 15.2 Å². The second-order valence-electron chi connectivity index (χ2n) is 4.69. The largest absolute Gasteiger partial charge is 0.451 e. The molecule has 3 aromatic rings. The molecule has 0 fully saturated rings. The summed E-state index contributed by atoms with van der Waals surface area (Å²) in [5.74, 6) is 0.187. The topological polar surface area (TPSA) is 78.1 Å². The van der Waals surface area contributed by atoms with Crippen molar-refractivity contribution in [3.63, 3.8) is 0 Å². The van der Waals surface area contributed by atoms with E-state index < -0.39 is 5.97 Å². The highest BCUT2D eigenvalue weighted by Crippen LogP contribution is 2.24. The van der Waals surface area contributed by atoms with Gasteiger partial charge in [-0.2, -0.15) is 0 Å². The maximum atomic E-state index is 12.0. The monoisotopic (exact) mass is 315 g/mol. The normalized spacial score (nSPS) is 10.6. The molecule has 3 rings (SSSR count). The van der Waals surface area contributed by atoms with E-state index >= 15 is 0 Å². The van der Waals surface area contributed by atoms with Crippen molar-refractivity contribution in [3.8, 4) is 10.6 Å². The van der Waals surface area contributed by atoms with Gasteiger partial charge in [0.2, 0.25) is 5.89 Å². The SMILES string of the molecule is Cc1ccc(-c2nc(C(=O)OCc3nnc(C)o3)cs2)cc1. The molecule has 0 saturated carbocycles. The van der Waals surface area contributed by atoms with Crippen LogP contribution in [0.2, 0.25) is 0 Å². The average Bonchev–Trinajstić information content (AvgIpc) is 3.15. The van der Waals surface area contributed by atoms with Crippen LogP contribution < -0.4 is 0 Å². The summed E-state index contributed by atoms with van der Waals surface area (Å²) >= 11 is 1.40. The zero-order valence-electron chi connectivity index (χ0n) is 12.1. The Morgan fingerprint density at radius 1 is 1.23 bits per heavy atom. The molecule has 0 aliphatic heterocycles. The van der Waals surface area contributed by atoms with Crippen LogP contribution in [0.1, 0.15) is 27.8 Å². The molecule has 0 unspecified atom stereocenters. The first-order valence-electron chi connectivity index (χ1n) is 6.60. The van der Waals surface area contributed by atoms with Crippen LogP contribution in [-0.4, -0.2) is 21.2 Å². The van der Waals surface area contributed by atoms with Gasteiger partial charge in [-0.1, -0.05) is 29.8 Å². The number of hydrogen-bond acceptors (Lipinski definition) is 7. The van der Waals surface area contributed by atoms with Gasteiger partial charge in [0.15, 0.2) is 12.3 Å². The quantitative estimate of drug-likeness (QED) is 0.688. The van der Waals surface area contributed by atoms with Gasteiger partial charge in [-0.3, -0.25) is 0 Å². The fraction of sp³-hybridized carbons (Fsp3) is 0.200. The Labute approximate surface area is 130 Å². The van der Waals surface area contributed by atoms with Crippen LogP contribution in [-0.2, 0) is 11.3 Å².